The molecule has 9 nitrogen and oxygen atoms in total. The molecule has 2 aliphatic rings. The number of imide groups is 1. The maximum Gasteiger partial charge on any atom is 0.338 e. The summed E-state index contributed by atoms with van der Waals surface area (Å²) in [6.45, 7) is 1.56. The molecule has 0 aromatic heterocycles. The van der Waals surface area contributed by atoms with Crippen molar-refractivity contribution in [3.8, 4) is 11.5 Å². The standard InChI is InChI=1S/C26H28N2O7/c1-15-7-9-19-20(11-15)25(31)28(24(19)30)17-6-4-5-16(12-17)26(32)35-14-23(29)27-21-13-18(33-2)8-10-22(21)34-3/h4-6,8,10,12-13,15,19-20H,7,9,11,14H2,1-3H3,(H,27,29)/t15-,19-,20-/m1/s1. The molecule has 1 saturated carbocycles. The molecule has 0 bridgehead atoms. The summed E-state index contributed by atoms with van der Waals surface area (Å²) < 4.78 is 15.5. The third-order valence-electron chi connectivity index (χ3n) is 6.54. The summed E-state index contributed by atoms with van der Waals surface area (Å²) >= 11 is 0. The zero-order chi connectivity index (χ0) is 25.1. The van der Waals surface area contributed by atoms with Crippen LogP contribution in [0.5, 0.6) is 11.5 Å². The Kier molecular flexibility index (Phi) is 7.04. The van der Waals surface area contributed by atoms with E-state index in [0.717, 1.165) is 6.42 Å². The number of hydrogen-bond donors (Lipinski definition) is 1. The highest BCUT2D eigenvalue weighted by molar-refractivity contribution is 6.22. The van der Waals surface area contributed by atoms with E-state index >= 15 is 0 Å². The first-order chi connectivity index (χ1) is 16.8. The molecule has 3 amide bonds. The van der Waals surface area contributed by atoms with Crippen LogP contribution in [-0.4, -0.2) is 44.5 Å². The molecule has 2 fully saturated rings. The summed E-state index contributed by atoms with van der Waals surface area (Å²) in [4.78, 5) is 52.1. The molecular weight excluding hydrogens is 452 g/mol. The monoisotopic (exact) mass is 480 g/mol. The van der Waals surface area contributed by atoms with Crippen molar-refractivity contribution in [2.45, 2.75) is 26.2 Å². The van der Waals surface area contributed by atoms with E-state index in [-0.39, 0.29) is 29.2 Å². The number of benzene rings is 2. The molecule has 2 aromatic carbocycles. The van der Waals surface area contributed by atoms with Crippen LogP contribution in [0, 0.1) is 17.8 Å². The molecular formula is C26H28N2O7. The molecule has 1 saturated heterocycles. The second-order valence-corrected chi connectivity index (χ2v) is 8.88. The number of amides is 3. The Bertz CT molecular complexity index is 1160. The van der Waals surface area contributed by atoms with Gasteiger partial charge in [0.2, 0.25) is 11.8 Å². The summed E-state index contributed by atoms with van der Waals surface area (Å²) in [6.07, 6.45) is 2.31. The molecule has 2 aromatic rings. The van der Waals surface area contributed by atoms with E-state index in [9.17, 15) is 19.2 Å². The van der Waals surface area contributed by atoms with Crippen LogP contribution in [0.4, 0.5) is 11.4 Å². The van der Waals surface area contributed by atoms with E-state index in [4.69, 9.17) is 14.2 Å². The predicted octanol–water partition coefficient (Wildman–Crippen LogP) is 3.42. The first kappa shape index (κ1) is 24.3. The van der Waals surface area contributed by atoms with Crippen molar-refractivity contribution in [1.29, 1.82) is 0 Å². The molecule has 1 N–H and O–H groups in total. The van der Waals surface area contributed by atoms with Crippen molar-refractivity contribution in [1.82, 2.24) is 0 Å². The zero-order valence-electron chi connectivity index (χ0n) is 19.9. The quantitative estimate of drug-likeness (QED) is 0.477. The lowest BCUT2D eigenvalue weighted by atomic mass is 9.76. The molecule has 9 heteroatoms. The minimum atomic E-state index is -0.746. The van der Waals surface area contributed by atoms with Crippen LogP contribution < -0.4 is 19.7 Å². The molecule has 0 unspecified atom stereocenters. The van der Waals surface area contributed by atoms with Crippen molar-refractivity contribution in [2.75, 3.05) is 31.0 Å². The molecule has 4 rings (SSSR count). The smallest absolute Gasteiger partial charge is 0.338 e. The summed E-state index contributed by atoms with van der Waals surface area (Å²) in [6, 6.07) is 11.1. The first-order valence-electron chi connectivity index (χ1n) is 11.5. The van der Waals surface area contributed by atoms with Crippen LogP contribution in [0.3, 0.4) is 0 Å². The van der Waals surface area contributed by atoms with Crippen molar-refractivity contribution in [2.24, 2.45) is 17.8 Å². The minimum Gasteiger partial charge on any atom is -0.497 e. The third kappa shape index (κ3) is 4.99. The van der Waals surface area contributed by atoms with Crippen molar-refractivity contribution < 1.29 is 33.4 Å². The van der Waals surface area contributed by atoms with Crippen molar-refractivity contribution >= 4 is 35.1 Å². The van der Waals surface area contributed by atoms with Crippen molar-refractivity contribution in [3.63, 3.8) is 0 Å². The highest BCUT2D eigenvalue weighted by atomic mass is 16.5. The van der Waals surface area contributed by atoms with Crippen LogP contribution in [-0.2, 0) is 19.1 Å². The lowest BCUT2D eigenvalue weighted by molar-refractivity contribution is -0.122. The predicted molar refractivity (Wildman–Crippen MR) is 127 cm³/mol. The number of rotatable bonds is 7. The van der Waals surface area contributed by atoms with Crippen LogP contribution in [0.1, 0.15) is 36.5 Å². The molecule has 1 heterocycles. The Morgan fingerprint density at radius 1 is 1.00 bits per heavy atom. The Balaban J connectivity index is 1.41. The van der Waals surface area contributed by atoms with Gasteiger partial charge in [-0.05, 0) is 55.5 Å². The normalized spacial score (nSPS) is 21.3. The van der Waals surface area contributed by atoms with Crippen LogP contribution >= 0.6 is 0 Å². The Labute approximate surface area is 203 Å². The summed E-state index contributed by atoms with van der Waals surface area (Å²) in [5, 5.41) is 2.62. The molecule has 0 radical (unpaired) electrons. The Morgan fingerprint density at radius 2 is 1.77 bits per heavy atom. The van der Waals surface area contributed by atoms with Gasteiger partial charge in [-0.2, -0.15) is 0 Å². The highest BCUT2D eigenvalue weighted by Gasteiger charge is 2.50. The fourth-order valence-corrected chi connectivity index (χ4v) is 4.73. The van der Waals surface area contributed by atoms with E-state index in [1.807, 2.05) is 0 Å². The summed E-state index contributed by atoms with van der Waals surface area (Å²) in [7, 11) is 2.97. The molecule has 1 aliphatic heterocycles. The summed E-state index contributed by atoms with van der Waals surface area (Å²) in [5.74, 6) is -1.01. The second kappa shape index (κ2) is 10.2. The number of carbonyl (C=O) groups is 4. The average Bonchev–Trinajstić information content (AvgIpc) is 3.11. The van der Waals surface area contributed by atoms with Gasteiger partial charge in [0.25, 0.3) is 5.91 Å². The number of nitrogens with zero attached hydrogens (tertiary/aromatic N) is 1. The number of hydrogen-bond acceptors (Lipinski definition) is 7. The average molecular weight is 481 g/mol. The molecule has 184 valence electrons. The van der Waals surface area contributed by atoms with E-state index in [2.05, 4.69) is 12.2 Å². The highest BCUT2D eigenvalue weighted by Crippen LogP contribution is 2.42. The van der Waals surface area contributed by atoms with Gasteiger partial charge >= 0.3 is 5.97 Å². The number of fused-ring (bicyclic) bond motifs is 1. The molecule has 0 spiro atoms. The Hall–Kier alpha value is -3.88. The van der Waals surface area contributed by atoms with E-state index in [0.29, 0.717) is 41.6 Å². The van der Waals surface area contributed by atoms with Gasteiger partial charge in [0.1, 0.15) is 11.5 Å². The van der Waals surface area contributed by atoms with Gasteiger partial charge < -0.3 is 19.5 Å². The van der Waals surface area contributed by atoms with Gasteiger partial charge in [-0.25, -0.2) is 4.79 Å². The third-order valence-corrected chi connectivity index (χ3v) is 6.54. The maximum atomic E-state index is 13.0. The van der Waals surface area contributed by atoms with Gasteiger partial charge in [-0.3, -0.25) is 19.3 Å². The number of methoxy groups -OCH3 is 2. The first-order valence-corrected chi connectivity index (χ1v) is 11.5. The van der Waals surface area contributed by atoms with Crippen LogP contribution in [0.2, 0.25) is 0 Å². The number of ether oxygens (including phenoxy) is 3. The topological polar surface area (TPSA) is 111 Å². The minimum absolute atomic E-state index is 0.137. The van der Waals surface area contributed by atoms with E-state index in [1.165, 1.54) is 31.3 Å². The van der Waals surface area contributed by atoms with Gasteiger partial charge in [0.05, 0.1) is 43.0 Å². The lowest BCUT2D eigenvalue weighted by Gasteiger charge is -2.25. The zero-order valence-corrected chi connectivity index (χ0v) is 19.9. The SMILES string of the molecule is COc1ccc(OC)c(NC(=O)COC(=O)c2cccc(N3C(=O)[C@@H]4CC[C@@H](C)C[C@H]4C3=O)c2)c1. The van der Waals surface area contributed by atoms with Gasteiger partial charge in [0.15, 0.2) is 6.61 Å². The molecule has 3 atom stereocenters. The fourth-order valence-electron chi connectivity index (χ4n) is 4.73. The van der Waals surface area contributed by atoms with E-state index < -0.39 is 18.5 Å². The van der Waals surface area contributed by atoms with Crippen LogP contribution in [0.25, 0.3) is 0 Å². The van der Waals surface area contributed by atoms with E-state index in [1.54, 1.807) is 30.3 Å². The van der Waals surface area contributed by atoms with Gasteiger partial charge in [-0.15, -0.1) is 0 Å². The number of esters is 1. The maximum absolute atomic E-state index is 13.0. The lowest BCUT2D eigenvalue weighted by Crippen LogP contribution is -2.31. The summed E-state index contributed by atoms with van der Waals surface area (Å²) in [5.41, 5.74) is 0.844. The number of carbonyl (C=O) groups excluding carboxylic acids is 4. The van der Waals surface area contributed by atoms with Crippen LogP contribution in [0.15, 0.2) is 42.5 Å². The molecule has 35 heavy (non-hydrogen) atoms. The fraction of sp³-hybridized carbons (Fsp3) is 0.385. The van der Waals surface area contributed by atoms with Gasteiger partial charge in [0, 0.05) is 6.07 Å². The van der Waals surface area contributed by atoms with Gasteiger partial charge in [-0.1, -0.05) is 13.0 Å². The number of nitrogens with one attached hydrogen (secondary N) is 1. The van der Waals surface area contributed by atoms with Crippen molar-refractivity contribution in [3.05, 3.63) is 48.0 Å². The second-order valence-electron chi connectivity index (χ2n) is 8.88. The largest absolute Gasteiger partial charge is 0.497 e. The molecule has 1 aliphatic carbocycles. The number of anilines is 2. The Morgan fingerprint density at radius 3 is 2.51 bits per heavy atom.